The van der Waals surface area contributed by atoms with Gasteiger partial charge in [-0.3, -0.25) is 4.79 Å². The molecule has 2 aromatic carbocycles. The summed E-state index contributed by atoms with van der Waals surface area (Å²) in [6, 6.07) is 11.3. The van der Waals surface area contributed by atoms with Crippen LogP contribution in [0.15, 0.2) is 55.2 Å². The number of aromatic nitrogens is 2. The van der Waals surface area contributed by atoms with Gasteiger partial charge in [-0.25, -0.2) is 4.98 Å². The average molecular weight is 549 g/mol. The number of rotatable bonds is 6. The monoisotopic (exact) mass is 547 g/mol. The average Bonchev–Trinajstić information content (AvgIpc) is 2.71. The van der Waals surface area contributed by atoms with Crippen molar-refractivity contribution in [3.63, 3.8) is 0 Å². The molecule has 0 aliphatic rings. The van der Waals surface area contributed by atoms with Gasteiger partial charge < -0.3 is 4.74 Å². The molecule has 0 saturated carbocycles. The molecule has 0 aliphatic carbocycles. The van der Waals surface area contributed by atoms with Crippen molar-refractivity contribution < 1.29 is 4.74 Å². The normalized spacial score (nSPS) is 13.1. The Bertz CT molecular complexity index is 1180. The molecule has 1 heterocycles. The second-order valence-corrected chi connectivity index (χ2v) is 10.7. The minimum absolute atomic E-state index is 0.0256. The highest BCUT2D eigenvalue weighted by molar-refractivity contribution is 9.10. The smallest absolute Gasteiger partial charge is 0.282 e. The molecule has 0 N–H and O–H groups in total. The summed E-state index contributed by atoms with van der Waals surface area (Å²) in [6.45, 7) is 11.1. The molecular formula is C24H27Br2N3O2. The van der Waals surface area contributed by atoms with Gasteiger partial charge in [-0.15, -0.1) is 0 Å². The zero-order valence-corrected chi connectivity index (χ0v) is 21.6. The standard InChI is InChI=1S/C24H27Br2N3O2/c1-6-15(2)22-28-20-9-7-18(26)12-19(20)23(30)29(22)27-13-16-11-17(25)8-10-21(16)31-14-24(3,4)5/h7-13,15H,6,14H2,1-5H3/t15-/m0/s1. The van der Waals surface area contributed by atoms with E-state index in [9.17, 15) is 4.79 Å². The summed E-state index contributed by atoms with van der Waals surface area (Å²) in [7, 11) is 0. The molecule has 0 unspecified atom stereocenters. The largest absolute Gasteiger partial charge is 0.492 e. The SMILES string of the molecule is CC[C@H](C)c1nc2ccc(Br)cc2c(=O)n1N=Cc1cc(Br)ccc1OCC(C)(C)C. The van der Waals surface area contributed by atoms with E-state index in [1.165, 1.54) is 4.68 Å². The molecule has 3 aromatic rings. The Labute approximate surface area is 199 Å². The van der Waals surface area contributed by atoms with E-state index in [1.54, 1.807) is 12.3 Å². The van der Waals surface area contributed by atoms with Crippen molar-refractivity contribution in [3.8, 4) is 5.75 Å². The second-order valence-electron chi connectivity index (χ2n) is 8.83. The van der Waals surface area contributed by atoms with Crippen molar-refractivity contribution in [1.29, 1.82) is 0 Å². The van der Waals surface area contributed by atoms with Crippen LogP contribution in [-0.4, -0.2) is 22.5 Å². The van der Waals surface area contributed by atoms with Crippen molar-refractivity contribution in [1.82, 2.24) is 9.66 Å². The van der Waals surface area contributed by atoms with E-state index >= 15 is 0 Å². The van der Waals surface area contributed by atoms with Crippen molar-refractivity contribution in [2.24, 2.45) is 10.5 Å². The lowest BCUT2D eigenvalue weighted by atomic mass is 9.99. The molecule has 3 rings (SSSR count). The summed E-state index contributed by atoms with van der Waals surface area (Å²) < 4.78 is 9.19. The van der Waals surface area contributed by atoms with E-state index in [0.29, 0.717) is 23.3 Å². The molecule has 7 heteroatoms. The second kappa shape index (κ2) is 9.65. The molecule has 0 aliphatic heterocycles. The van der Waals surface area contributed by atoms with E-state index in [1.807, 2.05) is 30.3 Å². The van der Waals surface area contributed by atoms with Gasteiger partial charge in [-0.05, 0) is 48.2 Å². The van der Waals surface area contributed by atoms with E-state index in [0.717, 1.165) is 26.7 Å². The maximum Gasteiger partial charge on any atom is 0.282 e. The fraction of sp³-hybridized carbons (Fsp3) is 0.375. The third-order valence-electron chi connectivity index (χ3n) is 4.83. The van der Waals surface area contributed by atoms with E-state index in [4.69, 9.17) is 9.72 Å². The van der Waals surface area contributed by atoms with Crippen LogP contribution in [0.4, 0.5) is 0 Å². The van der Waals surface area contributed by atoms with Gasteiger partial charge in [0, 0.05) is 20.4 Å². The van der Waals surface area contributed by atoms with Gasteiger partial charge in [0.25, 0.3) is 5.56 Å². The summed E-state index contributed by atoms with van der Waals surface area (Å²) >= 11 is 6.96. The van der Waals surface area contributed by atoms with Crippen LogP contribution < -0.4 is 10.3 Å². The maximum atomic E-state index is 13.3. The first-order valence-electron chi connectivity index (χ1n) is 10.3. The molecular weight excluding hydrogens is 522 g/mol. The maximum absolute atomic E-state index is 13.3. The van der Waals surface area contributed by atoms with Crippen LogP contribution in [0.2, 0.25) is 0 Å². The predicted octanol–water partition coefficient (Wildman–Crippen LogP) is 6.74. The van der Waals surface area contributed by atoms with Crippen LogP contribution in [0.25, 0.3) is 10.9 Å². The summed E-state index contributed by atoms with van der Waals surface area (Å²) in [5, 5.41) is 5.10. The Morgan fingerprint density at radius 3 is 2.52 bits per heavy atom. The zero-order valence-electron chi connectivity index (χ0n) is 18.4. The van der Waals surface area contributed by atoms with Crippen molar-refractivity contribution in [2.45, 2.75) is 47.0 Å². The van der Waals surface area contributed by atoms with Crippen LogP contribution in [0.1, 0.15) is 58.3 Å². The lowest BCUT2D eigenvalue weighted by molar-refractivity contribution is 0.197. The molecule has 0 fully saturated rings. The number of hydrogen-bond donors (Lipinski definition) is 0. The van der Waals surface area contributed by atoms with Gasteiger partial charge in [0.2, 0.25) is 0 Å². The zero-order chi connectivity index (χ0) is 22.8. The van der Waals surface area contributed by atoms with Gasteiger partial charge in [0.1, 0.15) is 11.6 Å². The van der Waals surface area contributed by atoms with Gasteiger partial charge in [0.05, 0.1) is 23.7 Å². The number of fused-ring (bicyclic) bond motifs is 1. The first-order valence-corrected chi connectivity index (χ1v) is 11.9. The Morgan fingerprint density at radius 1 is 1.16 bits per heavy atom. The van der Waals surface area contributed by atoms with E-state index < -0.39 is 0 Å². The quantitative estimate of drug-likeness (QED) is 0.320. The van der Waals surface area contributed by atoms with Gasteiger partial charge >= 0.3 is 0 Å². The van der Waals surface area contributed by atoms with E-state index in [2.05, 4.69) is 71.6 Å². The Morgan fingerprint density at radius 2 is 1.84 bits per heavy atom. The highest BCUT2D eigenvalue weighted by atomic mass is 79.9. The molecule has 0 amide bonds. The molecule has 0 bridgehead atoms. The Kier molecular flexibility index (Phi) is 7.37. The lowest BCUT2D eigenvalue weighted by Gasteiger charge is -2.20. The summed E-state index contributed by atoms with van der Waals surface area (Å²) in [4.78, 5) is 18.1. The number of ether oxygens (including phenoxy) is 1. The van der Waals surface area contributed by atoms with Gasteiger partial charge in [0.15, 0.2) is 0 Å². The molecule has 0 saturated heterocycles. The fourth-order valence-corrected chi connectivity index (χ4v) is 3.68. The molecule has 1 atom stereocenters. The number of nitrogens with zero attached hydrogens (tertiary/aromatic N) is 3. The predicted molar refractivity (Wildman–Crippen MR) is 134 cm³/mol. The van der Waals surface area contributed by atoms with Crippen LogP contribution in [0, 0.1) is 5.41 Å². The Balaban J connectivity index is 2.11. The topological polar surface area (TPSA) is 56.5 Å². The highest BCUT2D eigenvalue weighted by Crippen LogP contribution is 2.25. The fourth-order valence-electron chi connectivity index (χ4n) is 2.94. The molecule has 5 nitrogen and oxygen atoms in total. The van der Waals surface area contributed by atoms with Crippen molar-refractivity contribution >= 4 is 49.0 Å². The summed E-state index contributed by atoms with van der Waals surface area (Å²) in [5.41, 5.74) is 1.30. The number of halogens is 2. The molecule has 0 spiro atoms. The first-order chi connectivity index (χ1) is 14.6. The highest BCUT2D eigenvalue weighted by Gasteiger charge is 2.16. The Hall–Kier alpha value is -1.99. The minimum atomic E-state index is -0.190. The van der Waals surface area contributed by atoms with Crippen LogP contribution in [0.5, 0.6) is 5.75 Å². The van der Waals surface area contributed by atoms with Gasteiger partial charge in [-0.1, -0.05) is 66.5 Å². The van der Waals surface area contributed by atoms with Crippen LogP contribution in [0.3, 0.4) is 0 Å². The number of hydrogen-bond acceptors (Lipinski definition) is 4. The third kappa shape index (κ3) is 5.83. The summed E-state index contributed by atoms with van der Waals surface area (Å²) in [6.07, 6.45) is 2.52. The van der Waals surface area contributed by atoms with Gasteiger partial charge in [-0.2, -0.15) is 9.78 Å². The lowest BCUT2D eigenvalue weighted by Crippen LogP contribution is -2.23. The number of benzene rings is 2. The van der Waals surface area contributed by atoms with Crippen molar-refractivity contribution in [3.05, 3.63) is 67.1 Å². The molecule has 31 heavy (non-hydrogen) atoms. The summed E-state index contributed by atoms with van der Waals surface area (Å²) in [5.74, 6) is 1.44. The third-order valence-corrected chi connectivity index (χ3v) is 5.82. The first kappa shape index (κ1) is 23.7. The molecule has 1 aromatic heterocycles. The minimum Gasteiger partial charge on any atom is -0.492 e. The van der Waals surface area contributed by atoms with Crippen LogP contribution >= 0.6 is 31.9 Å². The van der Waals surface area contributed by atoms with Crippen LogP contribution in [-0.2, 0) is 0 Å². The molecule has 164 valence electrons. The van der Waals surface area contributed by atoms with Crippen molar-refractivity contribution in [2.75, 3.05) is 6.61 Å². The molecule has 0 radical (unpaired) electrons. The van der Waals surface area contributed by atoms with E-state index in [-0.39, 0.29) is 16.9 Å².